The van der Waals surface area contributed by atoms with Crippen LogP contribution in [-0.2, 0) is 14.8 Å². The van der Waals surface area contributed by atoms with Gasteiger partial charge in [-0.1, -0.05) is 19.3 Å². The van der Waals surface area contributed by atoms with E-state index < -0.39 is 16.1 Å². The molecule has 2 fully saturated rings. The standard InChI is InChI=1S/C18H23N3O3S/c1-3-11-20-13-14(4-2)16-8-5-9-17(18(20)22)21(16)25(23,24)15-7-6-10-19-12-15/h1,6-7,10,12,14,16-17H,4-5,8-9,11,13H2,2H3/t14-,16?,17?/m0/s1. The van der Waals surface area contributed by atoms with Crippen LogP contribution in [0.25, 0.3) is 0 Å². The first kappa shape index (κ1) is 17.9. The fourth-order valence-electron chi connectivity index (χ4n) is 4.01. The molecule has 0 spiro atoms. The summed E-state index contributed by atoms with van der Waals surface area (Å²) < 4.78 is 28.1. The van der Waals surface area contributed by atoms with Gasteiger partial charge in [0.25, 0.3) is 0 Å². The van der Waals surface area contributed by atoms with Gasteiger partial charge in [-0.2, -0.15) is 4.31 Å². The first-order chi connectivity index (χ1) is 12.0. The zero-order chi connectivity index (χ0) is 18.0. The molecule has 2 bridgehead atoms. The van der Waals surface area contributed by atoms with Gasteiger partial charge in [0.2, 0.25) is 15.9 Å². The smallest absolute Gasteiger partial charge is 0.245 e. The van der Waals surface area contributed by atoms with Crippen LogP contribution < -0.4 is 0 Å². The Balaban J connectivity index is 2.08. The van der Waals surface area contributed by atoms with Crippen molar-refractivity contribution in [2.45, 2.75) is 49.6 Å². The first-order valence-electron chi connectivity index (χ1n) is 8.66. The Bertz CT molecular complexity index is 773. The first-order valence-corrected chi connectivity index (χ1v) is 10.1. The molecule has 2 aliphatic rings. The van der Waals surface area contributed by atoms with Gasteiger partial charge >= 0.3 is 0 Å². The van der Waals surface area contributed by atoms with E-state index >= 15 is 0 Å². The van der Waals surface area contributed by atoms with Crippen LogP contribution in [-0.4, -0.2) is 53.7 Å². The van der Waals surface area contributed by atoms with E-state index in [1.165, 1.54) is 22.8 Å². The molecule has 1 aromatic rings. The molecule has 2 aliphatic heterocycles. The molecular weight excluding hydrogens is 338 g/mol. The minimum Gasteiger partial charge on any atom is -0.330 e. The Morgan fingerprint density at radius 3 is 2.84 bits per heavy atom. The maximum absolute atomic E-state index is 13.3. The van der Waals surface area contributed by atoms with Crippen LogP contribution in [0, 0.1) is 18.3 Å². The molecule has 25 heavy (non-hydrogen) atoms. The molecule has 2 unspecified atom stereocenters. The number of carbonyl (C=O) groups is 1. The molecule has 0 aromatic carbocycles. The van der Waals surface area contributed by atoms with Gasteiger partial charge in [-0.05, 0) is 37.3 Å². The molecule has 3 atom stereocenters. The van der Waals surface area contributed by atoms with E-state index in [1.54, 1.807) is 11.0 Å². The predicted molar refractivity (Wildman–Crippen MR) is 93.9 cm³/mol. The fourth-order valence-corrected chi connectivity index (χ4v) is 5.86. The lowest BCUT2D eigenvalue weighted by molar-refractivity contribution is -0.134. The predicted octanol–water partition coefficient (Wildman–Crippen LogP) is 1.49. The van der Waals surface area contributed by atoms with Crippen molar-refractivity contribution in [1.29, 1.82) is 0 Å². The number of hydrogen-bond donors (Lipinski definition) is 0. The number of carbonyl (C=O) groups excluding carboxylic acids is 1. The van der Waals surface area contributed by atoms with Crippen LogP contribution in [0.3, 0.4) is 0 Å². The Hall–Kier alpha value is -1.91. The van der Waals surface area contributed by atoms with Crippen molar-refractivity contribution in [3.63, 3.8) is 0 Å². The van der Waals surface area contributed by atoms with Gasteiger partial charge in [0.1, 0.15) is 10.9 Å². The molecule has 0 aliphatic carbocycles. The zero-order valence-electron chi connectivity index (χ0n) is 14.3. The van der Waals surface area contributed by atoms with E-state index in [-0.39, 0.29) is 29.3 Å². The summed E-state index contributed by atoms with van der Waals surface area (Å²) in [5, 5.41) is 0. The number of amides is 1. The zero-order valence-corrected chi connectivity index (χ0v) is 15.2. The van der Waals surface area contributed by atoms with Gasteiger partial charge in [0.05, 0.1) is 6.54 Å². The Morgan fingerprint density at radius 1 is 1.40 bits per heavy atom. The molecular formula is C18H23N3O3S. The summed E-state index contributed by atoms with van der Waals surface area (Å²) in [6.45, 7) is 2.77. The number of rotatable bonds is 4. The lowest BCUT2D eigenvalue weighted by atomic mass is 9.89. The minimum atomic E-state index is -3.79. The third-order valence-corrected chi connectivity index (χ3v) is 7.14. The molecule has 0 N–H and O–H groups in total. The molecule has 7 heteroatoms. The highest BCUT2D eigenvalue weighted by atomic mass is 32.2. The molecule has 0 radical (unpaired) electrons. The van der Waals surface area contributed by atoms with Crippen molar-refractivity contribution >= 4 is 15.9 Å². The fraction of sp³-hybridized carbons (Fsp3) is 0.556. The average molecular weight is 361 g/mol. The van der Waals surface area contributed by atoms with Crippen molar-refractivity contribution in [3.8, 4) is 12.3 Å². The number of terminal acetylenes is 1. The number of piperidine rings is 1. The van der Waals surface area contributed by atoms with Crippen molar-refractivity contribution in [1.82, 2.24) is 14.2 Å². The lowest BCUT2D eigenvalue weighted by Gasteiger charge is -2.40. The van der Waals surface area contributed by atoms with E-state index in [4.69, 9.17) is 6.42 Å². The van der Waals surface area contributed by atoms with Crippen molar-refractivity contribution in [2.75, 3.05) is 13.1 Å². The maximum Gasteiger partial charge on any atom is 0.245 e. The lowest BCUT2D eigenvalue weighted by Crippen LogP contribution is -2.54. The molecule has 1 aromatic heterocycles. The third kappa shape index (κ3) is 3.16. The number of sulfonamides is 1. The van der Waals surface area contributed by atoms with Gasteiger partial charge in [0, 0.05) is 25.0 Å². The van der Waals surface area contributed by atoms with Gasteiger partial charge < -0.3 is 4.90 Å². The number of fused-ring (bicyclic) bond motifs is 2. The van der Waals surface area contributed by atoms with Crippen molar-refractivity contribution in [3.05, 3.63) is 24.5 Å². The topological polar surface area (TPSA) is 70.6 Å². The molecule has 6 nitrogen and oxygen atoms in total. The molecule has 134 valence electrons. The molecule has 1 amide bonds. The third-order valence-electron chi connectivity index (χ3n) is 5.22. The Kier molecular flexibility index (Phi) is 5.11. The van der Waals surface area contributed by atoms with Crippen LogP contribution in [0.15, 0.2) is 29.4 Å². The number of hydrogen-bond acceptors (Lipinski definition) is 4. The van der Waals surface area contributed by atoms with E-state index in [1.807, 2.05) is 6.92 Å². The van der Waals surface area contributed by atoms with E-state index in [0.717, 1.165) is 19.3 Å². The molecule has 3 rings (SSSR count). The summed E-state index contributed by atoms with van der Waals surface area (Å²) in [7, 11) is -3.79. The largest absolute Gasteiger partial charge is 0.330 e. The normalized spacial score (nSPS) is 27.6. The quantitative estimate of drug-likeness (QED) is 0.762. The average Bonchev–Trinajstić information content (AvgIpc) is 2.70. The summed E-state index contributed by atoms with van der Waals surface area (Å²) in [5.74, 6) is 2.44. The summed E-state index contributed by atoms with van der Waals surface area (Å²) in [5.41, 5.74) is 0. The second kappa shape index (κ2) is 7.14. The second-order valence-corrected chi connectivity index (χ2v) is 8.47. The van der Waals surface area contributed by atoms with Crippen molar-refractivity contribution in [2.24, 2.45) is 5.92 Å². The van der Waals surface area contributed by atoms with Crippen LogP contribution in [0.2, 0.25) is 0 Å². The maximum atomic E-state index is 13.3. The molecule has 3 heterocycles. The molecule has 0 saturated carbocycles. The summed E-state index contributed by atoms with van der Waals surface area (Å²) in [4.78, 5) is 18.7. The number of aromatic nitrogens is 1. The Labute approximate surface area is 149 Å². The van der Waals surface area contributed by atoms with Gasteiger partial charge in [-0.3, -0.25) is 9.78 Å². The highest BCUT2D eigenvalue weighted by molar-refractivity contribution is 7.89. The van der Waals surface area contributed by atoms with Crippen LogP contribution >= 0.6 is 0 Å². The second-order valence-electron chi connectivity index (χ2n) is 6.63. The van der Waals surface area contributed by atoms with Crippen LogP contribution in [0.5, 0.6) is 0 Å². The minimum absolute atomic E-state index is 0.0778. The van der Waals surface area contributed by atoms with Gasteiger partial charge in [-0.15, -0.1) is 6.42 Å². The highest BCUT2D eigenvalue weighted by Crippen LogP contribution is 2.37. The van der Waals surface area contributed by atoms with E-state index in [0.29, 0.717) is 13.0 Å². The SMILES string of the molecule is C#CCN1C[C@H](CC)C2CCCC(C1=O)N2S(=O)(=O)c1cccnc1. The van der Waals surface area contributed by atoms with Gasteiger partial charge in [0.15, 0.2) is 0 Å². The van der Waals surface area contributed by atoms with Crippen LogP contribution in [0.1, 0.15) is 32.6 Å². The summed E-state index contributed by atoms with van der Waals surface area (Å²) in [6, 6.07) is 2.28. The van der Waals surface area contributed by atoms with Crippen molar-refractivity contribution < 1.29 is 13.2 Å². The van der Waals surface area contributed by atoms with Gasteiger partial charge in [-0.25, -0.2) is 8.42 Å². The van der Waals surface area contributed by atoms with Crippen LogP contribution in [0.4, 0.5) is 0 Å². The van der Waals surface area contributed by atoms with E-state index in [9.17, 15) is 13.2 Å². The Morgan fingerprint density at radius 2 is 2.20 bits per heavy atom. The monoisotopic (exact) mass is 361 g/mol. The molecule has 2 saturated heterocycles. The summed E-state index contributed by atoms with van der Waals surface area (Å²) in [6.07, 6.45) is 11.3. The summed E-state index contributed by atoms with van der Waals surface area (Å²) >= 11 is 0. The highest BCUT2D eigenvalue weighted by Gasteiger charge is 2.49. The number of pyridine rings is 1. The van der Waals surface area contributed by atoms with E-state index in [2.05, 4.69) is 10.9 Å². The number of nitrogens with zero attached hydrogens (tertiary/aromatic N) is 3.